The Morgan fingerprint density at radius 3 is 2.71 bits per heavy atom. The van der Waals surface area contributed by atoms with Gasteiger partial charge in [-0.05, 0) is 24.1 Å². The molecule has 0 atom stereocenters. The predicted molar refractivity (Wildman–Crippen MR) is 52.5 cm³/mol. The zero-order valence-corrected chi connectivity index (χ0v) is 8.24. The SMILES string of the molecule is CCc1ccc(C(=O)OC)cc1C=O. The molecule has 0 aliphatic heterocycles. The predicted octanol–water partition coefficient (Wildman–Crippen LogP) is 1.85. The first-order valence-corrected chi connectivity index (χ1v) is 4.39. The van der Waals surface area contributed by atoms with E-state index < -0.39 is 5.97 Å². The molecule has 0 saturated carbocycles. The van der Waals surface area contributed by atoms with Crippen molar-refractivity contribution < 1.29 is 14.3 Å². The van der Waals surface area contributed by atoms with Crippen LogP contribution in [0.25, 0.3) is 0 Å². The van der Waals surface area contributed by atoms with Crippen LogP contribution >= 0.6 is 0 Å². The molecule has 0 N–H and O–H groups in total. The summed E-state index contributed by atoms with van der Waals surface area (Å²) >= 11 is 0. The minimum absolute atomic E-state index is 0.409. The third kappa shape index (κ3) is 1.99. The second-order valence-corrected chi connectivity index (χ2v) is 2.88. The molecule has 0 aliphatic carbocycles. The third-order valence-corrected chi connectivity index (χ3v) is 2.07. The average molecular weight is 192 g/mol. The second kappa shape index (κ2) is 4.56. The lowest BCUT2D eigenvalue weighted by atomic mass is 10.0. The molecule has 0 aliphatic rings. The van der Waals surface area contributed by atoms with Gasteiger partial charge in [0.1, 0.15) is 6.29 Å². The van der Waals surface area contributed by atoms with Crippen molar-refractivity contribution in [1.29, 1.82) is 0 Å². The molecular weight excluding hydrogens is 180 g/mol. The van der Waals surface area contributed by atoms with Gasteiger partial charge < -0.3 is 4.74 Å². The minimum Gasteiger partial charge on any atom is -0.465 e. The smallest absolute Gasteiger partial charge is 0.337 e. The van der Waals surface area contributed by atoms with Crippen LogP contribution in [0.15, 0.2) is 18.2 Å². The maximum absolute atomic E-state index is 11.1. The molecule has 74 valence electrons. The van der Waals surface area contributed by atoms with Crippen molar-refractivity contribution >= 4 is 12.3 Å². The maximum atomic E-state index is 11.1. The zero-order valence-electron chi connectivity index (χ0n) is 8.24. The lowest BCUT2D eigenvalue weighted by molar-refractivity contribution is 0.0600. The summed E-state index contributed by atoms with van der Waals surface area (Å²) in [7, 11) is 1.32. The number of rotatable bonds is 3. The Morgan fingerprint density at radius 2 is 2.21 bits per heavy atom. The minimum atomic E-state index is -0.421. The second-order valence-electron chi connectivity index (χ2n) is 2.88. The van der Waals surface area contributed by atoms with Crippen molar-refractivity contribution in [2.45, 2.75) is 13.3 Å². The van der Waals surface area contributed by atoms with E-state index in [2.05, 4.69) is 4.74 Å². The van der Waals surface area contributed by atoms with Crippen molar-refractivity contribution in [3.8, 4) is 0 Å². The molecule has 0 radical (unpaired) electrons. The quantitative estimate of drug-likeness (QED) is 0.542. The lowest BCUT2D eigenvalue weighted by Crippen LogP contribution is -2.03. The molecule has 0 amide bonds. The number of ether oxygens (including phenoxy) is 1. The number of aryl methyl sites for hydroxylation is 1. The van der Waals surface area contributed by atoms with Gasteiger partial charge in [-0.15, -0.1) is 0 Å². The molecule has 1 aromatic carbocycles. The number of carbonyl (C=O) groups is 2. The van der Waals surface area contributed by atoms with Gasteiger partial charge >= 0.3 is 5.97 Å². The Balaban J connectivity index is 3.13. The van der Waals surface area contributed by atoms with E-state index in [-0.39, 0.29) is 0 Å². The summed E-state index contributed by atoms with van der Waals surface area (Å²) in [6, 6.07) is 4.99. The van der Waals surface area contributed by atoms with E-state index in [1.807, 2.05) is 6.92 Å². The molecule has 1 aromatic rings. The van der Waals surface area contributed by atoms with E-state index in [1.54, 1.807) is 18.2 Å². The number of benzene rings is 1. The summed E-state index contributed by atoms with van der Waals surface area (Å²) in [5, 5.41) is 0. The van der Waals surface area contributed by atoms with Crippen LogP contribution in [0.1, 0.15) is 33.2 Å². The first kappa shape index (κ1) is 10.4. The molecule has 0 bridgehead atoms. The summed E-state index contributed by atoms with van der Waals surface area (Å²) in [6.45, 7) is 1.96. The van der Waals surface area contributed by atoms with Gasteiger partial charge in [0.05, 0.1) is 12.7 Å². The highest BCUT2D eigenvalue weighted by Crippen LogP contribution is 2.11. The molecule has 0 unspecified atom stereocenters. The van der Waals surface area contributed by atoms with Crippen molar-refractivity contribution in [2.24, 2.45) is 0 Å². The molecule has 14 heavy (non-hydrogen) atoms. The van der Waals surface area contributed by atoms with E-state index in [4.69, 9.17) is 0 Å². The summed E-state index contributed by atoms with van der Waals surface area (Å²) < 4.78 is 4.55. The molecule has 3 nitrogen and oxygen atoms in total. The Hall–Kier alpha value is -1.64. The van der Waals surface area contributed by atoms with Crippen LogP contribution in [0, 0.1) is 0 Å². The molecule has 3 heteroatoms. The van der Waals surface area contributed by atoms with E-state index in [1.165, 1.54) is 7.11 Å². The van der Waals surface area contributed by atoms with Gasteiger partial charge in [-0.1, -0.05) is 13.0 Å². The van der Waals surface area contributed by atoms with Crippen LogP contribution in [-0.4, -0.2) is 19.4 Å². The highest BCUT2D eigenvalue weighted by atomic mass is 16.5. The van der Waals surface area contributed by atoms with E-state index >= 15 is 0 Å². The Morgan fingerprint density at radius 1 is 1.50 bits per heavy atom. The Labute approximate surface area is 82.7 Å². The number of carbonyl (C=O) groups excluding carboxylic acids is 2. The molecule has 0 spiro atoms. The Bertz CT molecular complexity index is 356. The molecular formula is C11H12O3. The van der Waals surface area contributed by atoms with Gasteiger partial charge in [0.2, 0.25) is 0 Å². The molecule has 0 heterocycles. The van der Waals surface area contributed by atoms with E-state index in [9.17, 15) is 9.59 Å². The number of hydrogen-bond acceptors (Lipinski definition) is 3. The maximum Gasteiger partial charge on any atom is 0.337 e. The first-order chi connectivity index (χ1) is 6.72. The molecule has 0 aromatic heterocycles. The average Bonchev–Trinajstić information content (AvgIpc) is 2.26. The molecule has 1 rings (SSSR count). The van der Waals surface area contributed by atoms with E-state index in [0.29, 0.717) is 11.1 Å². The van der Waals surface area contributed by atoms with Crippen molar-refractivity contribution in [1.82, 2.24) is 0 Å². The first-order valence-electron chi connectivity index (χ1n) is 4.39. The largest absolute Gasteiger partial charge is 0.465 e. The fourth-order valence-electron chi connectivity index (χ4n) is 1.27. The highest BCUT2D eigenvalue weighted by Gasteiger charge is 2.07. The number of esters is 1. The molecule has 0 saturated heterocycles. The van der Waals surface area contributed by atoms with Crippen LogP contribution in [-0.2, 0) is 11.2 Å². The summed E-state index contributed by atoms with van der Waals surface area (Å²) in [4.78, 5) is 21.8. The van der Waals surface area contributed by atoms with Crippen LogP contribution in [0.3, 0.4) is 0 Å². The van der Waals surface area contributed by atoms with Crippen LogP contribution in [0.4, 0.5) is 0 Å². The van der Waals surface area contributed by atoms with Crippen molar-refractivity contribution in [3.63, 3.8) is 0 Å². The van der Waals surface area contributed by atoms with Crippen molar-refractivity contribution in [3.05, 3.63) is 34.9 Å². The fraction of sp³-hybridized carbons (Fsp3) is 0.273. The summed E-state index contributed by atoms with van der Waals surface area (Å²) in [6.07, 6.45) is 1.53. The van der Waals surface area contributed by atoms with Gasteiger partial charge in [0, 0.05) is 5.56 Å². The third-order valence-electron chi connectivity index (χ3n) is 2.07. The number of methoxy groups -OCH3 is 1. The number of aldehydes is 1. The van der Waals surface area contributed by atoms with Gasteiger partial charge in [0.15, 0.2) is 0 Å². The number of hydrogen-bond donors (Lipinski definition) is 0. The summed E-state index contributed by atoms with van der Waals surface area (Å²) in [5.74, 6) is -0.421. The van der Waals surface area contributed by atoms with Crippen LogP contribution in [0.5, 0.6) is 0 Å². The zero-order chi connectivity index (χ0) is 10.6. The monoisotopic (exact) mass is 192 g/mol. The Kier molecular flexibility index (Phi) is 3.40. The van der Waals surface area contributed by atoms with Crippen LogP contribution in [0.2, 0.25) is 0 Å². The van der Waals surface area contributed by atoms with Gasteiger partial charge in [-0.2, -0.15) is 0 Å². The standard InChI is InChI=1S/C11H12O3/c1-3-8-4-5-9(11(13)14-2)6-10(8)7-12/h4-7H,3H2,1-2H3. The van der Waals surface area contributed by atoms with Gasteiger partial charge in [-0.25, -0.2) is 4.79 Å². The summed E-state index contributed by atoms with van der Waals surface area (Å²) in [5.41, 5.74) is 1.90. The lowest BCUT2D eigenvalue weighted by Gasteiger charge is -2.04. The van der Waals surface area contributed by atoms with Gasteiger partial charge in [0.25, 0.3) is 0 Å². The topological polar surface area (TPSA) is 43.4 Å². The van der Waals surface area contributed by atoms with E-state index in [0.717, 1.165) is 18.3 Å². The highest BCUT2D eigenvalue weighted by molar-refractivity contribution is 5.92. The van der Waals surface area contributed by atoms with Crippen molar-refractivity contribution in [2.75, 3.05) is 7.11 Å². The van der Waals surface area contributed by atoms with Crippen LogP contribution < -0.4 is 0 Å². The fourth-order valence-corrected chi connectivity index (χ4v) is 1.27. The van der Waals surface area contributed by atoms with Gasteiger partial charge in [-0.3, -0.25) is 4.79 Å². The molecule has 0 fully saturated rings. The normalized spacial score (nSPS) is 9.57.